The summed E-state index contributed by atoms with van der Waals surface area (Å²) in [5.74, 6) is 0.837. The van der Waals surface area contributed by atoms with Gasteiger partial charge in [-0.2, -0.15) is 18.2 Å². The lowest BCUT2D eigenvalue weighted by atomic mass is 9.96. The molecule has 11 heteroatoms. The number of nitrogens with one attached hydrogen (secondary N) is 1. The summed E-state index contributed by atoms with van der Waals surface area (Å²) in [6.07, 6.45) is -4.59. The first kappa shape index (κ1) is 24.5. The van der Waals surface area contributed by atoms with E-state index in [1.165, 1.54) is 6.07 Å². The molecule has 1 amide bonds. The number of aromatic nitrogens is 2. The van der Waals surface area contributed by atoms with E-state index in [9.17, 15) is 18.0 Å². The van der Waals surface area contributed by atoms with Gasteiger partial charge >= 0.3 is 6.18 Å². The Morgan fingerprint density at radius 1 is 1.22 bits per heavy atom. The van der Waals surface area contributed by atoms with Gasteiger partial charge in [-0.15, -0.1) is 0 Å². The molecule has 0 bridgehead atoms. The Morgan fingerprint density at radius 2 is 1.88 bits per heavy atom. The molecule has 1 aromatic carbocycles. The van der Waals surface area contributed by atoms with Crippen LogP contribution in [0.1, 0.15) is 51.0 Å². The molecule has 0 spiro atoms. The highest BCUT2D eigenvalue weighted by Gasteiger charge is 2.33. The van der Waals surface area contributed by atoms with Gasteiger partial charge in [0.25, 0.3) is 0 Å². The summed E-state index contributed by atoms with van der Waals surface area (Å²) in [5, 5.41) is 6.18. The van der Waals surface area contributed by atoms with Crippen molar-refractivity contribution in [1.29, 1.82) is 0 Å². The number of carbonyl (C=O) groups excluding carboxylic acids is 1. The number of amides is 1. The SMILES string of the molecule is C[C@H](c1nc(C(C)(C)C)no1)N1CCN(CC(=O)Nc2ccc(Cl)c(C(F)(F)F)c2)CC1. The monoisotopic (exact) mass is 473 g/mol. The van der Waals surface area contributed by atoms with Crippen LogP contribution in [0.4, 0.5) is 18.9 Å². The Labute approximate surface area is 189 Å². The minimum atomic E-state index is -4.59. The summed E-state index contributed by atoms with van der Waals surface area (Å²) in [5.41, 5.74) is -1.11. The van der Waals surface area contributed by atoms with Crippen LogP contribution in [-0.2, 0) is 16.4 Å². The molecule has 1 aromatic heterocycles. The molecule has 176 valence electrons. The Hall–Kier alpha value is -2.17. The van der Waals surface area contributed by atoms with Gasteiger partial charge in [0.2, 0.25) is 11.8 Å². The number of alkyl halides is 3. The fourth-order valence-electron chi connectivity index (χ4n) is 3.40. The van der Waals surface area contributed by atoms with Crippen molar-refractivity contribution < 1.29 is 22.5 Å². The Bertz CT molecular complexity index is 950. The van der Waals surface area contributed by atoms with Crippen molar-refractivity contribution in [3.05, 3.63) is 40.5 Å². The number of piperazine rings is 1. The van der Waals surface area contributed by atoms with Crippen LogP contribution in [0.15, 0.2) is 22.7 Å². The summed E-state index contributed by atoms with van der Waals surface area (Å²) >= 11 is 5.62. The van der Waals surface area contributed by atoms with Crippen LogP contribution in [0.3, 0.4) is 0 Å². The van der Waals surface area contributed by atoms with E-state index in [2.05, 4.69) is 20.4 Å². The molecule has 3 rings (SSSR count). The number of nitrogens with zero attached hydrogens (tertiary/aromatic N) is 4. The van der Waals surface area contributed by atoms with Crippen molar-refractivity contribution in [1.82, 2.24) is 19.9 Å². The first-order valence-corrected chi connectivity index (χ1v) is 10.7. The molecule has 1 fully saturated rings. The van der Waals surface area contributed by atoms with Gasteiger partial charge in [-0.1, -0.05) is 37.5 Å². The third kappa shape index (κ3) is 5.99. The number of hydrogen-bond donors (Lipinski definition) is 1. The van der Waals surface area contributed by atoms with Gasteiger partial charge in [-0.25, -0.2) is 0 Å². The van der Waals surface area contributed by atoms with E-state index in [0.717, 1.165) is 12.1 Å². The number of hydrogen-bond acceptors (Lipinski definition) is 6. The average Bonchev–Trinajstić information content (AvgIpc) is 3.19. The summed E-state index contributed by atoms with van der Waals surface area (Å²) in [4.78, 5) is 21.0. The summed E-state index contributed by atoms with van der Waals surface area (Å²) in [6.45, 7) is 10.8. The van der Waals surface area contributed by atoms with E-state index in [1.807, 2.05) is 32.6 Å². The molecule has 1 saturated heterocycles. The van der Waals surface area contributed by atoms with Crippen molar-refractivity contribution in [2.24, 2.45) is 0 Å². The molecule has 7 nitrogen and oxygen atoms in total. The molecule has 0 unspecified atom stereocenters. The van der Waals surface area contributed by atoms with Crippen molar-refractivity contribution >= 4 is 23.2 Å². The quantitative estimate of drug-likeness (QED) is 0.695. The van der Waals surface area contributed by atoms with Gasteiger partial charge in [0.05, 0.1) is 23.2 Å². The lowest BCUT2D eigenvalue weighted by Crippen LogP contribution is -2.49. The van der Waals surface area contributed by atoms with Crippen molar-refractivity contribution in [3.63, 3.8) is 0 Å². The van der Waals surface area contributed by atoms with Crippen molar-refractivity contribution in [2.75, 3.05) is 38.0 Å². The topological polar surface area (TPSA) is 74.5 Å². The van der Waals surface area contributed by atoms with Crippen molar-refractivity contribution in [2.45, 2.75) is 45.3 Å². The van der Waals surface area contributed by atoms with Crippen LogP contribution in [0.2, 0.25) is 5.02 Å². The molecule has 2 heterocycles. The summed E-state index contributed by atoms with van der Waals surface area (Å²) < 4.78 is 44.4. The first-order valence-electron chi connectivity index (χ1n) is 10.3. The molecule has 1 N–H and O–H groups in total. The minimum absolute atomic E-state index is 0.0515. The number of rotatable bonds is 5. The van der Waals surface area contributed by atoms with Gasteiger partial charge in [-0.3, -0.25) is 14.6 Å². The number of benzene rings is 1. The predicted octanol–water partition coefficient (Wildman–Crippen LogP) is 4.36. The van der Waals surface area contributed by atoms with Gasteiger partial charge < -0.3 is 9.84 Å². The second-order valence-electron chi connectivity index (χ2n) is 8.93. The maximum Gasteiger partial charge on any atom is 0.417 e. The second-order valence-corrected chi connectivity index (χ2v) is 9.34. The number of halogens is 4. The molecule has 0 aliphatic carbocycles. The largest absolute Gasteiger partial charge is 0.417 e. The van der Waals surface area contributed by atoms with Crippen molar-refractivity contribution in [3.8, 4) is 0 Å². The zero-order chi connectivity index (χ0) is 23.7. The molecule has 2 aromatic rings. The lowest BCUT2D eigenvalue weighted by Gasteiger charge is -2.36. The maximum absolute atomic E-state index is 13.0. The molecule has 1 atom stereocenters. The Kier molecular flexibility index (Phi) is 7.16. The summed E-state index contributed by atoms with van der Waals surface area (Å²) in [7, 11) is 0. The second kappa shape index (κ2) is 9.36. The van der Waals surface area contributed by atoms with E-state index in [1.54, 1.807) is 0 Å². The fraction of sp³-hybridized carbons (Fsp3) is 0.571. The molecular weight excluding hydrogens is 447 g/mol. The van der Waals surface area contributed by atoms with Crippen LogP contribution >= 0.6 is 11.6 Å². The number of anilines is 1. The fourth-order valence-corrected chi connectivity index (χ4v) is 3.62. The minimum Gasteiger partial charge on any atom is -0.338 e. The van der Waals surface area contributed by atoms with E-state index in [-0.39, 0.29) is 29.6 Å². The molecule has 0 radical (unpaired) electrons. The highest BCUT2D eigenvalue weighted by atomic mass is 35.5. The Morgan fingerprint density at radius 3 is 2.44 bits per heavy atom. The third-order valence-electron chi connectivity index (χ3n) is 5.35. The maximum atomic E-state index is 13.0. The molecule has 1 aliphatic rings. The van der Waals surface area contributed by atoms with Crippen LogP contribution in [0, 0.1) is 0 Å². The van der Waals surface area contributed by atoms with Gasteiger partial charge in [-0.05, 0) is 25.1 Å². The standard InChI is InChI=1S/C21H27ClF3N5O2/c1-13(18-27-19(28-32-18)20(2,3)4)30-9-7-29(8-10-30)12-17(31)26-14-5-6-16(22)15(11-14)21(23,24)25/h5-6,11,13H,7-10,12H2,1-4H3,(H,26,31)/t13-/m1/s1. The smallest absolute Gasteiger partial charge is 0.338 e. The van der Waals surface area contributed by atoms with Gasteiger partial charge in [0, 0.05) is 37.3 Å². The third-order valence-corrected chi connectivity index (χ3v) is 5.68. The molecular formula is C21H27ClF3N5O2. The highest BCUT2D eigenvalue weighted by Crippen LogP contribution is 2.36. The number of carbonyl (C=O) groups is 1. The summed E-state index contributed by atoms with van der Waals surface area (Å²) in [6, 6.07) is 3.27. The first-order chi connectivity index (χ1) is 14.8. The molecule has 0 saturated carbocycles. The highest BCUT2D eigenvalue weighted by molar-refractivity contribution is 6.31. The van der Waals surface area contributed by atoms with E-state index in [4.69, 9.17) is 16.1 Å². The zero-order valence-electron chi connectivity index (χ0n) is 18.5. The average molecular weight is 474 g/mol. The lowest BCUT2D eigenvalue weighted by molar-refractivity contribution is -0.137. The van der Waals surface area contributed by atoms with Gasteiger partial charge in [0.15, 0.2) is 5.82 Å². The predicted molar refractivity (Wildman–Crippen MR) is 115 cm³/mol. The van der Waals surface area contributed by atoms with E-state index < -0.39 is 16.8 Å². The molecule has 1 aliphatic heterocycles. The Balaban J connectivity index is 1.52. The van der Waals surface area contributed by atoms with Crippen LogP contribution in [0.5, 0.6) is 0 Å². The van der Waals surface area contributed by atoms with E-state index >= 15 is 0 Å². The van der Waals surface area contributed by atoms with Crippen LogP contribution in [0.25, 0.3) is 0 Å². The van der Waals surface area contributed by atoms with Gasteiger partial charge in [0.1, 0.15) is 0 Å². The normalized spacial score (nSPS) is 17.4. The van der Waals surface area contributed by atoms with Crippen LogP contribution < -0.4 is 5.32 Å². The van der Waals surface area contributed by atoms with E-state index in [0.29, 0.717) is 37.9 Å². The van der Waals surface area contributed by atoms with Crippen LogP contribution in [-0.4, -0.2) is 58.6 Å². The zero-order valence-corrected chi connectivity index (χ0v) is 19.2. The molecule has 32 heavy (non-hydrogen) atoms.